The minimum Gasteiger partial charge on any atom is -0.392 e. The molecule has 0 unspecified atom stereocenters. The summed E-state index contributed by atoms with van der Waals surface area (Å²) in [5, 5.41) is 17.5. The second-order valence-electron chi connectivity index (χ2n) is 8.51. The molecule has 1 aromatic heterocycles. The topological polar surface area (TPSA) is 73.6 Å². The summed E-state index contributed by atoms with van der Waals surface area (Å²) in [5.41, 5.74) is 1.35. The Kier molecular flexibility index (Phi) is 7.15. The average Bonchev–Trinajstić information content (AvgIpc) is 3.42. The first kappa shape index (κ1) is 21.0. The fourth-order valence-electron chi connectivity index (χ4n) is 4.75. The number of nitrogens with zero attached hydrogens (tertiary/aromatic N) is 4. The second-order valence-corrected chi connectivity index (χ2v) is 8.51. The Labute approximate surface area is 178 Å². The smallest absolute Gasteiger partial charge is 0.237 e. The lowest BCUT2D eigenvalue weighted by atomic mass is 10.0. The molecule has 2 aliphatic heterocycles. The van der Waals surface area contributed by atoms with Gasteiger partial charge in [-0.2, -0.15) is 5.10 Å². The van der Waals surface area contributed by atoms with Crippen LogP contribution in [0.4, 0.5) is 0 Å². The van der Waals surface area contributed by atoms with E-state index >= 15 is 0 Å². The number of amides is 1. The number of aliphatic hydroxyl groups is 1. The monoisotopic (exact) mass is 411 g/mol. The van der Waals surface area contributed by atoms with Gasteiger partial charge in [0, 0.05) is 44.6 Å². The molecule has 0 saturated carbocycles. The molecule has 0 bridgehead atoms. The van der Waals surface area contributed by atoms with Gasteiger partial charge in [0.25, 0.3) is 0 Å². The van der Waals surface area contributed by atoms with E-state index in [9.17, 15) is 9.90 Å². The molecule has 2 fully saturated rings. The highest BCUT2D eigenvalue weighted by molar-refractivity contribution is 5.82. The maximum Gasteiger partial charge on any atom is 0.237 e. The highest BCUT2D eigenvalue weighted by Gasteiger charge is 2.40. The molecule has 4 rings (SSSR count). The summed E-state index contributed by atoms with van der Waals surface area (Å²) in [4.78, 5) is 17.6. The van der Waals surface area contributed by atoms with E-state index in [-0.39, 0.29) is 11.9 Å². The van der Waals surface area contributed by atoms with E-state index in [1.54, 1.807) is 6.20 Å². The standard InChI is InChI=1S/C23H33N5O2/c29-21-16-22(23(30)24-10-4-12-27-13-5-11-25-27)28(18-21)20-8-14-26(15-9-20)17-19-6-2-1-3-7-19/h1-3,5-7,11,13,20-22,29H,4,8-10,12,14-18H2,(H,24,30)/t21-,22+/m1/s1. The molecular weight excluding hydrogens is 378 g/mol. The summed E-state index contributed by atoms with van der Waals surface area (Å²) in [6.45, 7) is 5.08. The third kappa shape index (κ3) is 5.47. The highest BCUT2D eigenvalue weighted by atomic mass is 16.3. The zero-order valence-corrected chi connectivity index (χ0v) is 17.6. The van der Waals surface area contributed by atoms with E-state index in [1.807, 2.05) is 16.9 Å². The molecule has 7 heteroatoms. The van der Waals surface area contributed by atoms with Crippen molar-refractivity contribution in [3.63, 3.8) is 0 Å². The van der Waals surface area contributed by atoms with Gasteiger partial charge in [-0.1, -0.05) is 30.3 Å². The number of carbonyl (C=O) groups excluding carboxylic acids is 1. The van der Waals surface area contributed by atoms with Gasteiger partial charge in [0.05, 0.1) is 12.1 Å². The van der Waals surface area contributed by atoms with Crippen molar-refractivity contribution in [1.29, 1.82) is 0 Å². The molecule has 7 nitrogen and oxygen atoms in total. The Morgan fingerprint density at radius 2 is 1.97 bits per heavy atom. The zero-order chi connectivity index (χ0) is 20.8. The molecule has 0 aliphatic carbocycles. The molecule has 0 radical (unpaired) electrons. The molecule has 2 saturated heterocycles. The van der Waals surface area contributed by atoms with Crippen LogP contribution in [0, 0.1) is 0 Å². The summed E-state index contributed by atoms with van der Waals surface area (Å²) < 4.78 is 1.88. The number of aromatic nitrogens is 2. The average molecular weight is 412 g/mol. The van der Waals surface area contributed by atoms with Gasteiger partial charge in [0.2, 0.25) is 5.91 Å². The number of benzene rings is 1. The van der Waals surface area contributed by atoms with Crippen LogP contribution in [0.5, 0.6) is 0 Å². The number of β-amino-alcohol motifs (C(OH)–C–C–N with tert-alkyl or cyclic N) is 1. The van der Waals surface area contributed by atoms with Crippen LogP contribution in [0.1, 0.15) is 31.2 Å². The summed E-state index contributed by atoms with van der Waals surface area (Å²) in [5.74, 6) is 0.0544. The summed E-state index contributed by atoms with van der Waals surface area (Å²) in [6, 6.07) is 12.6. The minimum atomic E-state index is -0.410. The van der Waals surface area contributed by atoms with E-state index < -0.39 is 6.10 Å². The molecule has 162 valence electrons. The third-order valence-corrected chi connectivity index (χ3v) is 6.32. The van der Waals surface area contributed by atoms with Gasteiger partial charge in [-0.25, -0.2) is 0 Å². The van der Waals surface area contributed by atoms with Crippen molar-refractivity contribution < 1.29 is 9.90 Å². The predicted octanol–water partition coefficient (Wildman–Crippen LogP) is 1.49. The number of aliphatic hydroxyl groups excluding tert-OH is 1. The van der Waals surface area contributed by atoms with E-state index in [2.05, 4.69) is 50.5 Å². The lowest BCUT2D eigenvalue weighted by Crippen LogP contribution is -2.51. The SMILES string of the molecule is O=C(NCCCn1cccn1)[C@@H]1C[C@@H](O)CN1C1CCN(Cc2ccccc2)CC1. The molecule has 1 aromatic carbocycles. The molecule has 3 heterocycles. The Morgan fingerprint density at radius 3 is 2.70 bits per heavy atom. The van der Waals surface area contributed by atoms with E-state index in [0.717, 1.165) is 45.4 Å². The highest BCUT2D eigenvalue weighted by Crippen LogP contribution is 2.27. The first-order chi connectivity index (χ1) is 14.7. The maximum atomic E-state index is 12.8. The lowest BCUT2D eigenvalue weighted by Gasteiger charge is -2.39. The van der Waals surface area contributed by atoms with Crippen LogP contribution in [-0.2, 0) is 17.9 Å². The minimum absolute atomic E-state index is 0.0544. The van der Waals surface area contributed by atoms with Crippen molar-refractivity contribution in [2.24, 2.45) is 0 Å². The fraction of sp³-hybridized carbons (Fsp3) is 0.565. The number of hydrogen-bond acceptors (Lipinski definition) is 5. The quantitative estimate of drug-likeness (QED) is 0.644. The van der Waals surface area contributed by atoms with Crippen LogP contribution < -0.4 is 5.32 Å². The Bertz CT molecular complexity index is 774. The van der Waals surface area contributed by atoms with E-state index in [0.29, 0.717) is 25.6 Å². The van der Waals surface area contributed by atoms with Crippen LogP contribution in [0.15, 0.2) is 48.8 Å². The third-order valence-electron chi connectivity index (χ3n) is 6.32. The van der Waals surface area contributed by atoms with Gasteiger partial charge in [0.15, 0.2) is 0 Å². The number of nitrogens with one attached hydrogen (secondary N) is 1. The van der Waals surface area contributed by atoms with E-state index in [1.165, 1.54) is 5.56 Å². The maximum absolute atomic E-state index is 12.8. The molecule has 1 amide bonds. The Morgan fingerprint density at radius 1 is 1.17 bits per heavy atom. The van der Waals surface area contributed by atoms with Crippen LogP contribution in [0.25, 0.3) is 0 Å². The van der Waals surface area contributed by atoms with Crippen molar-refractivity contribution in [3.05, 3.63) is 54.4 Å². The number of likely N-dealkylation sites (tertiary alicyclic amines) is 2. The lowest BCUT2D eigenvalue weighted by molar-refractivity contribution is -0.126. The largest absolute Gasteiger partial charge is 0.392 e. The second kappa shape index (κ2) is 10.2. The predicted molar refractivity (Wildman–Crippen MR) is 116 cm³/mol. The summed E-state index contributed by atoms with van der Waals surface area (Å²) >= 11 is 0. The van der Waals surface area contributed by atoms with Gasteiger partial charge in [-0.05, 0) is 50.4 Å². The Balaban J connectivity index is 1.24. The molecule has 0 spiro atoms. The van der Waals surface area contributed by atoms with Crippen molar-refractivity contribution in [2.75, 3.05) is 26.2 Å². The van der Waals surface area contributed by atoms with Crippen LogP contribution in [-0.4, -0.2) is 75.0 Å². The molecule has 2 N–H and O–H groups in total. The summed E-state index contributed by atoms with van der Waals surface area (Å²) in [6.07, 6.45) is 6.76. The van der Waals surface area contributed by atoms with Crippen molar-refractivity contribution in [2.45, 2.75) is 57.0 Å². The van der Waals surface area contributed by atoms with Crippen molar-refractivity contribution in [3.8, 4) is 0 Å². The van der Waals surface area contributed by atoms with Gasteiger partial charge in [-0.3, -0.25) is 19.3 Å². The molecule has 2 aromatic rings. The zero-order valence-electron chi connectivity index (χ0n) is 17.6. The number of piperidine rings is 1. The van der Waals surface area contributed by atoms with Gasteiger partial charge in [-0.15, -0.1) is 0 Å². The van der Waals surface area contributed by atoms with Crippen molar-refractivity contribution >= 4 is 5.91 Å². The van der Waals surface area contributed by atoms with Crippen LogP contribution >= 0.6 is 0 Å². The van der Waals surface area contributed by atoms with Gasteiger partial charge >= 0.3 is 0 Å². The first-order valence-electron chi connectivity index (χ1n) is 11.1. The van der Waals surface area contributed by atoms with Crippen LogP contribution in [0.2, 0.25) is 0 Å². The first-order valence-corrected chi connectivity index (χ1v) is 11.1. The normalized spacial score (nSPS) is 23.6. The van der Waals surface area contributed by atoms with E-state index in [4.69, 9.17) is 0 Å². The molecule has 30 heavy (non-hydrogen) atoms. The number of rotatable bonds is 8. The molecule has 2 aliphatic rings. The summed E-state index contributed by atoms with van der Waals surface area (Å²) in [7, 11) is 0. The number of hydrogen-bond donors (Lipinski definition) is 2. The number of carbonyl (C=O) groups is 1. The van der Waals surface area contributed by atoms with Crippen molar-refractivity contribution in [1.82, 2.24) is 24.9 Å². The fourth-order valence-corrected chi connectivity index (χ4v) is 4.75. The van der Waals surface area contributed by atoms with Gasteiger partial charge < -0.3 is 10.4 Å². The molecule has 2 atom stereocenters. The Hall–Kier alpha value is -2.22. The number of aryl methyl sites for hydroxylation is 1. The molecular formula is C23H33N5O2. The van der Waals surface area contributed by atoms with Crippen LogP contribution in [0.3, 0.4) is 0 Å². The van der Waals surface area contributed by atoms with Gasteiger partial charge in [0.1, 0.15) is 0 Å².